The number of hydrogen-bond acceptors (Lipinski definition) is 5. The smallest absolute Gasteiger partial charge is 0.251 e. The summed E-state index contributed by atoms with van der Waals surface area (Å²) in [5.74, 6) is -0.186. The van der Waals surface area contributed by atoms with Gasteiger partial charge in [0.15, 0.2) is 0 Å². The fraction of sp³-hybridized carbons (Fsp3) is 0.588. The number of hydrogen-bond donors (Lipinski definition) is 3. The first-order valence-electron chi connectivity index (χ1n) is 8.76. The van der Waals surface area contributed by atoms with E-state index >= 15 is 0 Å². The number of sulfonamides is 1. The van der Waals surface area contributed by atoms with Gasteiger partial charge in [-0.1, -0.05) is 6.92 Å². The van der Waals surface area contributed by atoms with Crippen LogP contribution in [0, 0.1) is 0 Å². The van der Waals surface area contributed by atoms with Crippen molar-refractivity contribution < 1.29 is 13.2 Å². The van der Waals surface area contributed by atoms with E-state index in [-0.39, 0.29) is 16.8 Å². The topological polar surface area (TPSA) is 90.5 Å². The zero-order valence-corrected chi connectivity index (χ0v) is 15.7. The summed E-state index contributed by atoms with van der Waals surface area (Å²) in [7, 11) is -3.54. The van der Waals surface area contributed by atoms with E-state index in [9.17, 15) is 13.2 Å². The average Bonchev–Trinajstić information content (AvgIpc) is 2.62. The molecule has 1 aliphatic heterocycles. The lowest BCUT2D eigenvalue weighted by atomic mass is 10.2. The number of rotatable bonds is 8. The molecule has 1 heterocycles. The minimum atomic E-state index is -3.54. The Bertz CT molecular complexity index is 655. The van der Waals surface area contributed by atoms with Gasteiger partial charge >= 0.3 is 0 Å². The number of carbonyl (C=O) groups is 1. The van der Waals surface area contributed by atoms with E-state index in [2.05, 4.69) is 20.3 Å². The maximum absolute atomic E-state index is 12.2. The normalized spacial score (nSPS) is 17.2. The molecule has 0 radical (unpaired) electrons. The van der Waals surface area contributed by atoms with E-state index in [0.717, 1.165) is 32.7 Å². The second kappa shape index (κ2) is 9.28. The summed E-state index contributed by atoms with van der Waals surface area (Å²) in [5.41, 5.74) is 0.461. The maximum atomic E-state index is 12.2. The molecule has 1 fully saturated rings. The molecule has 0 bridgehead atoms. The number of carbonyl (C=O) groups excluding carboxylic acids is 1. The molecular weight excluding hydrogens is 340 g/mol. The molecule has 0 saturated carbocycles. The van der Waals surface area contributed by atoms with Gasteiger partial charge in [0.2, 0.25) is 10.0 Å². The highest BCUT2D eigenvalue weighted by Gasteiger charge is 2.17. The molecule has 1 aromatic rings. The van der Waals surface area contributed by atoms with Crippen molar-refractivity contribution in [3.63, 3.8) is 0 Å². The number of nitrogens with one attached hydrogen (secondary N) is 3. The third-order valence-electron chi connectivity index (χ3n) is 4.32. The highest BCUT2D eigenvalue weighted by atomic mass is 32.2. The summed E-state index contributed by atoms with van der Waals surface area (Å²) in [6.45, 7) is 9.08. The van der Waals surface area contributed by atoms with Crippen molar-refractivity contribution in [2.75, 3.05) is 39.3 Å². The minimum Gasteiger partial charge on any atom is -0.351 e. The quantitative estimate of drug-likeness (QED) is 0.618. The van der Waals surface area contributed by atoms with E-state index < -0.39 is 10.0 Å². The Morgan fingerprint density at radius 3 is 2.48 bits per heavy atom. The van der Waals surface area contributed by atoms with E-state index in [1.165, 1.54) is 12.1 Å². The maximum Gasteiger partial charge on any atom is 0.251 e. The van der Waals surface area contributed by atoms with Crippen LogP contribution in [0.2, 0.25) is 0 Å². The third-order valence-corrected chi connectivity index (χ3v) is 5.92. The number of nitrogens with zero attached hydrogens (tertiary/aromatic N) is 1. The molecule has 140 valence electrons. The standard InChI is InChI=1S/C17H28N4O3S/c1-3-14(2)20-25(23,24)16-6-4-15(5-7-16)17(22)19-10-13-21-11-8-18-9-12-21/h4-7,14,18,20H,3,8-13H2,1-2H3,(H,19,22). The first-order valence-corrected chi connectivity index (χ1v) is 10.2. The Labute approximate surface area is 150 Å². The molecule has 1 saturated heterocycles. The third kappa shape index (κ3) is 6.07. The molecule has 1 aliphatic rings. The molecule has 1 atom stereocenters. The molecule has 1 aromatic carbocycles. The molecule has 0 aliphatic carbocycles. The SMILES string of the molecule is CCC(C)NS(=O)(=O)c1ccc(C(=O)NCCN2CCNCC2)cc1. The number of piperazine rings is 1. The summed E-state index contributed by atoms with van der Waals surface area (Å²) in [4.78, 5) is 14.6. The van der Waals surface area contributed by atoms with Crippen molar-refractivity contribution in [3.8, 4) is 0 Å². The summed E-state index contributed by atoms with van der Waals surface area (Å²) in [6, 6.07) is 5.90. The van der Waals surface area contributed by atoms with Gasteiger partial charge in [-0.05, 0) is 37.6 Å². The largest absolute Gasteiger partial charge is 0.351 e. The first-order chi connectivity index (χ1) is 11.9. The van der Waals surface area contributed by atoms with Gasteiger partial charge < -0.3 is 10.6 Å². The molecule has 7 nitrogen and oxygen atoms in total. The van der Waals surface area contributed by atoms with E-state index in [0.29, 0.717) is 18.5 Å². The van der Waals surface area contributed by atoms with Crippen molar-refractivity contribution in [2.24, 2.45) is 0 Å². The van der Waals surface area contributed by atoms with E-state index in [1.54, 1.807) is 12.1 Å². The fourth-order valence-corrected chi connectivity index (χ4v) is 3.89. The Balaban J connectivity index is 1.87. The van der Waals surface area contributed by atoms with Crippen molar-refractivity contribution in [1.29, 1.82) is 0 Å². The molecule has 0 spiro atoms. The first kappa shape index (κ1) is 19.8. The molecule has 3 N–H and O–H groups in total. The fourth-order valence-electron chi connectivity index (χ4n) is 2.57. The van der Waals surface area contributed by atoms with E-state index in [4.69, 9.17) is 0 Å². The summed E-state index contributed by atoms with van der Waals surface area (Å²) >= 11 is 0. The van der Waals surface area contributed by atoms with Crippen molar-refractivity contribution in [2.45, 2.75) is 31.2 Å². The molecule has 2 rings (SSSR count). The van der Waals surface area contributed by atoms with Crippen LogP contribution in [0.25, 0.3) is 0 Å². The lowest BCUT2D eigenvalue weighted by Crippen LogP contribution is -2.46. The van der Waals surface area contributed by atoms with Crippen LogP contribution in [0.5, 0.6) is 0 Å². The van der Waals surface area contributed by atoms with E-state index in [1.807, 2.05) is 13.8 Å². The van der Waals surface area contributed by atoms with Crippen LogP contribution in [0.4, 0.5) is 0 Å². The summed E-state index contributed by atoms with van der Waals surface area (Å²) in [6.07, 6.45) is 0.715. The Hall–Kier alpha value is -1.48. The van der Waals surface area contributed by atoms with Crippen LogP contribution in [0.1, 0.15) is 30.6 Å². The predicted octanol–water partition coefficient (Wildman–Crippen LogP) is 0.398. The van der Waals surface area contributed by atoms with Gasteiger partial charge in [-0.15, -0.1) is 0 Å². The van der Waals surface area contributed by atoms with Crippen molar-refractivity contribution >= 4 is 15.9 Å². The highest BCUT2D eigenvalue weighted by Crippen LogP contribution is 2.11. The molecule has 1 unspecified atom stereocenters. The lowest BCUT2D eigenvalue weighted by molar-refractivity contribution is 0.0947. The monoisotopic (exact) mass is 368 g/mol. The Morgan fingerprint density at radius 1 is 1.24 bits per heavy atom. The lowest BCUT2D eigenvalue weighted by Gasteiger charge is -2.27. The van der Waals surface area contributed by atoms with Crippen molar-refractivity contribution in [3.05, 3.63) is 29.8 Å². The van der Waals surface area contributed by atoms with Crippen molar-refractivity contribution in [1.82, 2.24) is 20.3 Å². The van der Waals surface area contributed by atoms with Gasteiger partial charge in [-0.3, -0.25) is 9.69 Å². The molecular formula is C17H28N4O3S. The van der Waals surface area contributed by atoms with Gasteiger partial charge in [-0.2, -0.15) is 0 Å². The van der Waals surface area contributed by atoms with Crippen LogP contribution in [0.15, 0.2) is 29.2 Å². The number of amides is 1. The van der Waals surface area contributed by atoms with Crippen LogP contribution in [0.3, 0.4) is 0 Å². The van der Waals surface area contributed by atoms with Gasteiger partial charge in [0.1, 0.15) is 0 Å². The molecule has 25 heavy (non-hydrogen) atoms. The zero-order valence-electron chi connectivity index (χ0n) is 14.9. The molecule has 8 heteroatoms. The summed E-state index contributed by atoms with van der Waals surface area (Å²) < 4.78 is 27.0. The zero-order chi connectivity index (χ0) is 18.3. The minimum absolute atomic E-state index is 0.127. The van der Waals surface area contributed by atoms with Gasteiger partial charge in [0.05, 0.1) is 4.90 Å². The average molecular weight is 369 g/mol. The molecule has 0 aromatic heterocycles. The Kier molecular flexibility index (Phi) is 7.37. The van der Waals surface area contributed by atoms with Gasteiger partial charge in [0.25, 0.3) is 5.91 Å². The second-order valence-electron chi connectivity index (χ2n) is 6.30. The molecule has 1 amide bonds. The Morgan fingerprint density at radius 2 is 1.88 bits per heavy atom. The van der Waals surface area contributed by atoms with Gasteiger partial charge in [-0.25, -0.2) is 13.1 Å². The number of benzene rings is 1. The van der Waals surface area contributed by atoms with Crippen LogP contribution < -0.4 is 15.4 Å². The van der Waals surface area contributed by atoms with Crippen LogP contribution >= 0.6 is 0 Å². The highest BCUT2D eigenvalue weighted by molar-refractivity contribution is 7.89. The van der Waals surface area contributed by atoms with Gasteiger partial charge in [0, 0.05) is 50.9 Å². The van der Waals surface area contributed by atoms with Crippen LogP contribution in [-0.4, -0.2) is 64.5 Å². The summed E-state index contributed by atoms with van der Waals surface area (Å²) in [5, 5.41) is 6.17. The second-order valence-corrected chi connectivity index (χ2v) is 8.02. The van der Waals surface area contributed by atoms with Crippen LogP contribution in [-0.2, 0) is 10.0 Å². The predicted molar refractivity (Wildman–Crippen MR) is 98.2 cm³/mol.